The summed E-state index contributed by atoms with van der Waals surface area (Å²) in [6, 6.07) is 14.6. The summed E-state index contributed by atoms with van der Waals surface area (Å²) in [5.41, 5.74) is 0.846. The molecule has 1 N–H and O–H groups in total. The summed E-state index contributed by atoms with van der Waals surface area (Å²) in [5, 5.41) is 28.0. The summed E-state index contributed by atoms with van der Waals surface area (Å²) in [6.45, 7) is 0. The molecule has 8 nitrogen and oxygen atoms in total. The van der Waals surface area contributed by atoms with Crippen molar-refractivity contribution in [3.63, 3.8) is 0 Å². The first-order valence-corrected chi connectivity index (χ1v) is 6.55. The van der Waals surface area contributed by atoms with E-state index in [0.717, 1.165) is 0 Å². The maximum Gasteiger partial charge on any atom is 0.332 e. The van der Waals surface area contributed by atoms with Crippen molar-refractivity contribution in [2.75, 3.05) is 0 Å². The first kappa shape index (κ1) is 14.4. The standard InChI is InChI=1S/C15H10N4O4/c20-15-13(16-14(23-15)10-5-2-1-3-6-10)18-17-11-7-4-8-12(9-11)19(21)22/h1-9,20H. The summed E-state index contributed by atoms with van der Waals surface area (Å²) in [4.78, 5) is 14.2. The van der Waals surface area contributed by atoms with Gasteiger partial charge in [-0.3, -0.25) is 10.1 Å². The molecule has 0 amide bonds. The molecule has 3 aromatic rings. The lowest BCUT2D eigenvalue weighted by atomic mass is 10.2. The fraction of sp³-hybridized carbons (Fsp3) is 0. The van der Waals surface area contributed by atoms with Crippen LogP contribution in [0.1, 0.15) is 0 Å². The molecule has 0 aliphatic rings. The SMILES string of the molecule is O=[N+]([O-])c1cccc(N=Nc2nc(-c3ccccc3)oc2O)c1. The normalized spacial score (nSPS) is 11.0. The largest absolute Gasteiger partial charge is 0.478 e. The summed E-state index contributed by atoms with van der Waals surface area (Å²) in [5.74, 6) is -0.371. The fourth-order valence-corrected chi connectivity index (χ4v) is 1.85. The highest BCUT2D eigenvalue weighted by atomic mass is 16.6. The number of benzene rings is 2. The van der Waals surface area contributed by atoms with E-state index in [1.54, 1.807) is 30.3 Å². The fourth-order valence-electron chi connectivity index (χ4n) is 1.85. The zero-order chi connectivity index (χ0) is 16.2. The van der Waals surface area contributed by atoms with Crippen molar-refractivity contribution < 1.29 is 14.4 Å². The van der Waals surface area contributed by atoms with Crippen LogP contribution in [-0.2, 0) is 0 Å². The molecular formula is C15H10N4O4. The van der Waals surface area contributed by atoms with Crippen LogP contribution in [0.5, 0.6) is 5.95 Å². The minimum atomic E-state index is -0.528. The van der Waals surface area contributed by atoms with E-state index >= 15 is 0 Å². The van der Waals surface area contributed by atoms with Gasteiger partial charge in [0.1, 0.15) is 0 Å². The van der Waals surface area contributed by atoms with Crippen molar-refractivity contribution in [1.82, 2.24) is 4.98 Å². The summed E-state index contributed by atoms with van der Waals surface area (Å²) >= 11 is 0. The molecule has 23 heavy (non-hydrogen) atoms. The van der Waals surface area contributed by atoms with Gasteiger partial charge in [0.25, 0.3) is 11.5 Å². The van der Waals surface area contributed by atoms with E-state index in [1.807, 2.05) is 6.07 Å². The molecule has 0 aliphatic heterocycles. The minimum absolute atomic E-state index is 0.101. The van der Waals surface area contributed by atoms with Crippen LogP contribution < -0.4 is 0 Å². The number of oxazole rings is 1. The first-order valence-electron chi connectivity index (χ1n) is 6.55. The van der Waals surface area contributed by atoms with Crippen molar-refractivity contribution in [1.29, 1.82) is 0 Å². The van der Waals surface area contributed by atoms with Gasteiger partial charge in [-0.15, -0.1) is 10.2 Å². The first-order chi connectivity index (χ1) is 11.1. The molecule has 114 valence electrons. The van der Waals surface area contributed by atoms with Crippen LogP contribution in [0.25, 0.3) is 11.5 Å². The number of azo groups is 1. The van der Waals surface area contributed by atoms with Gasteiger partial charge in [-0.2, -0.15) is 4.98 Å². The third-order valence-electron chi connectivity index (χ3n) is 2.91. The van der Waals surface area contributed by atoms with E-state index < -0.39 is 10.9 Å². The maximum atomic E-state index is 10.7. The lowest BCUT2D eigenvalue weighted by molar-refractivity contribution is -0.384. The van der Waals surface area contributed by atoms with E-state index in [1.165, 1.54) is 18.2 Å². The van der Waals surface area contributed by atoms with Crippen molar-refractivity contribution in [3.05, 3.63) is 64.7 Å². The molecule has 1 aromatic heterocycles. The third kappa shape index (κ3) is 3.21. The van der Waals surface area contributed by atoms with Crippen LogP contribution in [0.4, 0.5) is 17.2 Å². The van der Waals surface area contributed by atoms with Crippen molar-refractivity contribution in [2.24, 2.45) is 10.2 Å². The van der Waals surface area contributed by atoms with Crippen LogP contribution in [0.2, 0.25) is 0 Å². The molecule has 0 aliphatic carbocycles. The molecule has 0 saturated carbocycles. The Labute approximate surface area is 129 Å². The molecule has 0 bridgehead atoms. The zero-order valence-electron chi connectivity index (χ0n) is 11.7. The smallest absolute Gasteiger partial charge is 0.332 e. The lowest BCUT2D eigenvalue weighted by Crippen LogP contribution is -1.85. The Morgan fingerprint density at radius 3 is 2.61 bits per heavy atom. The molecule has 8 heteroatoms. The van der Waals surface area contributed by atoms with Crippen LogP contribution in [0.15, 0.2) is 69.2 Å². The van der Waals surface area contributed by atoms with Gasteiger partial charge in [0.05, 0.1) is 10.6 Å². The average Bonchev–Trinajstić information content (AvgIpc) is 2.95. The molecule has 0 fully saturated rings. The van der Waals surface area contributed by atoms with Crippen molar-refractivity contribution in [2.45, 2.75) is 0 Å². The predicted octanol–water partition coefficient (Wildman–Crippen LogP) is 4.37. The molecule has 1 heterocycles. The number of hydrogen-bond acceptors (Lipinski definition) is 7. The van der Waals surface area contributed by atoms with Gasteiger partial charge in [-0.25, -0.2) is 0 Å². The molecule has 0 unspecified atom stereocenters. The number of nitro groups is 1. The van der Waals surface area contributed by atoms with Gasteiger partial charge in [0.2, 0.25) is 5.89 Å². The topological polar surface area (TPSA) is 114 Å². The van der Waals surface area contributed by atoms with Crippen LogP contribution in [0.3, 0.4) is 0 Å². The Morgan fingerprint density at radius 2 is 1.87 bits per heavy atom. The molecule has 3 rings (SSSR count). The van der Waals surface area contributed by atoms with E-state index in [2.05, 4.69) is 15.2 Å². The number of aromatic nitrogens is 1. The van der Waals surface area contributed by atoms with E-state index in [4.69, 9.17) is 4.42 Å². The number of hydrogen-bond donors (Lipinski definition) is 1. The second kappa shape index (κ2) is 6.06. The van der Waals surface area contributed by atoms with E-state index in [9.17, 15) is 15.2 Å². The summed E-state index contributed by atoms with van der Waals surface area (Å²) in [7, 11) is 0. The quantitative estimate of drug-likeness (QED) is 0.436. The lowest BCUT2D eigenvalue weighted by Gasteiger charge is -1.92. The predicted molar refractivity (Wildman–Crippen MR) is 80.9 cm³/mol. The van der Waals surface area contributed by atoms with Gasteiger partial charge in [-0.1, -0.05) is 24.3 Å². The number of nitrogens with zero attached hydrogens (tertiary/aromatic N) is 4. The highest BCUT2D eigenvalue weighted by Crippen LogP contribution is 2.33. The third-order valence-corrected chi connectivity index (χ3v) is 2.91. The van der Waals surface area contributed by atoms with Crippen molar-refractivity contribution in [3.8, 4) is 17.4 Å². The Hall–Kier alpha value is -3.55. The van der Waals surface area contributed by atoms with Crippen molar-refractivity contribution >= 4 is 17.2 Å². The highest BCUT2D eigenvalue weighted by molar-refractivity contribution is 5.57. The monoisotopic (exact) mass is 310 g/mol. The van der Waals surface area contributed by atoms with Gasteiger partial charge < -0.3 is 9.52 Å². The summed E-state index contributed by atoms with van der Waals surface area (Å²) < 4.78 is 5.13. The number of rotatable bonds is 4. The maximum absolute atomic E-state index is 10.7. The molecule has 0 spiro atoms. The minimum Gasteiger partial charge on any atom is -0.478 e. The van der Waals surface area contributed by atoms with E-state index in [0.29, 0.717) is 5.56 Å². The Morgan fingerprint density at radius 1 is 1.09 bits per heavy atom. The second-order valence-corrected chi connectivity index (χ2v) is 4.49. The number of non-ortho nitro benzene ring substituents is 1. The number of aromatic hydroxyl groups is 1. The highest BCUT2D eigenvalue weighted by Gasteiger charge is 2.13. The van der Waals surface area contributed by atoms with Crippen LogP contribution in [-0.4, -0.2) is 15.0 Å². The van der Waals surface area contributed by atoms with Gasteiger partial charge >= 0.3 is 5.95 Å². The molecule has 0 saturated heterocycles. The second-order valence-electron chi connectivity index (χ2n) is 4.49. The Kier molecular flexibility index (Phi) is 3.79. The average molecular weight is 310 g/mol. The molecule has 0 radical (unpaired) electrons. The number of nitro benzene ring substituents is 1. The van der Waals surface area contributed by atoms with Crippen LogP contribution in [0, 0.1) is 10.1 Å². The molecular weight excluding hydrogens is 300 g/mol. The van der Waals surface area contributed by atoms with E-state index in [-0.39, 0.29) is 23.1 Å². The van der Waals surface area contributed by atoms with Crippen LogP contribution >= 0.6 is 0 Å². The zero-order valence-corrected chi connectivity index (χ0v) is 11.7. The van der Waals surface area contributed by atoms with Gasteiger partial charge in [0, 0.05) is 17.7 Å². The van der Waals surface area contributed by atoms with Gasteiger partial charge in [-0.05, 0) is 18.2 Å². The van der Waals surface area contributed by atoms with Gasteiger partial charge in [0.15, 0.2) is 0 Å². The Bertz CT molecular complexity index is 874. The molecule has 0 atom stereocenters. The Balaban J connectivity index is 1.87. The molecule has 2 aromatic carbocycles. The summed E-state index contributed by atoms with van der Waals surface area (Å²) in [6.07, 6.45) is 0.